The molecule has 1 N–H and O–H groups in total. The molecule has 1 aliphatic heterocycles. The predicted octanol–water partition coefficient (Wildman–Crippen LogP) is 3.91. The van der Waals surface area contributed by atoms with E-state index in [-0.39, 0.29) is 19.0 Å². The molecule has 0 saturated carbocycles. The molecule has 3 aromatic rings. The summed E-state index contributed by atoms with van der Waals surface area (Å²) in [4.78, 5) is 11.5. The molecule has 122 valence electrons. The zero-order valence-corrected chi connectivity index (χ0v) is 13.0. The number of aromatic carboxylic acids is 1. The number of nitrogens with zero attached hydrogens (tertiary/aromatic N) is 1. The fourth-order valence-corrected chi connectivity index (χ4v) is 3.04. The van der Waals surface area contributed by atoms with Gasteiger partial charge in [-0.3, -0.25) is 0 Å². The average Bonchev–Trinajstić information content (AvgIpc) is 3.12. The Labute approximate surface area is 140 Å². The smallest absolute Gasteiger partial charge is 0.352 e. The molecule has 7 heteroatoms. The summed E-state index contributed by atoms with van der Waals surface area (Å²) in [5, 5.41) is 10.5. The lowest BCUT2D eigenvalue weighted by Crippen LogP contribution is -2.09. The van der Waals surface area contributed by atoms with Crippen LogP contribution in [0.2, 0.25) is 5.02 Å². The summed E-state index contributed by atoms with van der Waals surface area (Å²) < 4.78 is 25.7. The summed E-state index contributed by atoms with van der Waals surface area (Å²) >= 11 is 6.27. The first kappa shape index (κ1) is 14.8. The summed E-state index contributed by atoms with van der Waals surface area (Å²) in [5.74, 6) is -0.432. The number of carboxylic acid groups (broad SMARTS) is 1. The largest absolute Gasteiger partial charge is 0.477 e. The summed E-state index contributed by atoms with van der Waals surface area (Å²) in [7, 11) is 0. The molecule has 0 bridgehead atoms. The van der Waals surface area contributed by atoms with Crippen LogP contribution in [-0.2, 0) is 6.54 Å². The molecule has 2 heterocycles. The number of aromatic nitrogens is 1. The zero-order chi connectivity index (χ0) is 16.8. The quantitative estimate of drug-likeness (QED) is 0.780. The molecule has 0 saturated heterocycles. The maximum absolute atomic E-state index is 13.6. The first-order chi connectivity index (χ1) is 11.5. The van der Waals surface area contributed by atoms with Gasteiger partial charge in [0.1, 0.15) is 11.5 Å². The molecule has 2 aromatic carbocycles. The third kappa shape index (κ3) is 2.35. The second-order valence-electron chi connectivity index (χ2n) is 5.42. The topological polar surface area (TPSA) is 60.7 Å². The van der Waals surface area contributed by atoms with Gasteiger partial charge >= 0.3 is 5.97 Å². The van der Waals surface area contributed by atoms with Crippen LogP contribution in [0.25, 0.3) is 10.9 Å². The maximum atomic E-state index is 13.6. The molecule has 24 heavy (non-hydrogen) atoms. The van der Waals surface area contributed by atoms with Crippen molar-refractivity contribution in [3.8, 4) is 11.5 Å². The van der Waals surface area contributed by atoms with Crippen LogP contribution >= 0.6 is 11.6 Å². The van der Waals surface area contributed by atoms with Crippen LogP contribution in [0.1, 0.15) is 16.1 Å². The molecule has 0 fully saturated rings. The fourth-order valence-electron chi connectivity index (χ4n) is 2.83. The number of rotatable bonds is 3. The first-order valence-electron chi connectivity index (χ1n) is 7.13. The van der Waals surface area contributed by atoms with Crippen LogP contribution in [0.15, 0.2) is 36.4 Å². The monoisotopic (exact) mass is 347 g/mol. The van der Waals surface area contributed by atoms with E-state index in [2.05, 4.69) is 0 Å². The molecule has 0 radical (unpaired) electrons. The molecule has 1 aromatic heterocycles. The predicted molar refractivity (Wildman–Crippen MR) is 85.5 cm³/mol. The van der Waals surface area contributed by atoms with Crippen LogP contribution in [0.4, 0.5) is 4.39 Å². The first-order valence-corrected chi connectivity index (χ1v) is 7.51. The normalized spacial score (nSPS) is 12.8. The van der Waals surface area contributed by atoms with E-state index >= 15 is 0 Å². The lowest BCUT2D eigenvalue weighted by Gasteiger charge is -2.11. The van der Waals surface area contributed by atoms with Crippen LogP contribution in [0.3, 0.4) is 0 Å². The molecular formula is C17H11ClFNO4. The molecule has 0 unspecified atom stereocenters. The van der Waals surface area contributed by atoms with E-state index in [0.717, 1.165) is 0 Å². The van der Waals surface area contributed by atoms with Crippen molar-refractivity contribution in [2.75, 3.05) is 6.79 Å². The number of carbonyl (C=O) groups is 1. The van der Waals surface area contributed by atoms with Crippen molar-refractivity contribution in [1.82, 2.24) is 4.57 Å². The van der Waals surface area contributed by atoms with Gasteiger partial charge < -0.3 is 19.1 Å². The lowest BCUT2D eigenvalue weighted by molar-refractivity contribution is 0.0686. The second-order valence-corrected chi connectivity index (χ2v) is 5.83. The third-order valence-corrected chi connectivity index (χ3v) is 4.31. The minimum absolute atomic E-state index is 0.0596. The second kappa shape index (κ2) is 5.42. The van der Waals surface area contributed by atoms with Crippen molar-refractivity contribution in [2.24, 2.45) is 0 Å². The highest BCUT2D eigenvalue weighted by molar-refractivity contribution is 6.31. The number of benzene rings is 2. The highest BCUT2D eigenvalue weighted by Crippen LogP contribution is 2.37. The van der Waals surface area contributed by atoms with E-state index < -0.39 is 11.8 Å². The summed E-state index contributed by atoms with van der Waals surface area (Å²) in [6.45, 7) is 0.289. The average molecular weight is 348 g/mol. The Balaban J connectivity index is 1.86. The Morgan fingerprint density at radius 2 is 1.96 bits per heavy atom. The molecule has 4 rings (SSSR count). The van der Waals surface area contributed by atoms with Gasteiger partial charge in [0, 0.05) is 16.5 Å². The van der Waals surface area contributed by atoms with E-state index in [1.54, 1.807) is 18.2 Å². The number of halogens is 2. The Bertz CT molecular complexity index is 982. The Kier molecular flexibility index (Phi) is 3.35. The molecule has 0 amide bonds. The highest BCUT2D eigenvalue weighted by atomic mass is 35.5. The zero-order valence-electron chi connectivity index (χ0n) is 12.3. The van der Waals surface area contributed by atoms with Crippen LogP contribution in [0.5, 0.6) is 11.5 Å². The Morgan fingerprint density at radius 3 is 2.71 bits per heavy atom. The summed E-state index contributed by atoms with van der Waals surface area (Å²) in [5.41, 5.74) is 1.20. The van der Waals surface area contributed by atoms with Gasteiger partial charge in [-0.1, -0.05) is 11.6 Å². The van der Waals surface area contributed by atoms with E-state index in [1.165, 1.54) is 22.8 Å². The van der Waals surface area contributed by atoms with E-state index in [0.29, 0.717) is 33.0 Å². The molecule has 5 nitrogen and oxygen atoms in total. The van der Waals surface area contributed by atoms with Crippen molar-refractivity contribution >= 4 is 28.5 Å². The standard InChI is InChI=1S/C17H11ClFNO4/c18-12-6-16-15(23-8-24-16)4-10(12)7-20-13-5-11(19)2-1-9(13)3-14(20)17(21)22/h1-6H,7-8H2,(H,21,22). The summed E-state index contributed by atoms with van der Waals surface area (Å²) in [6, 6.07) is 9.01. The van der Waals surface area contributed by atoms with E-state index in [1.807, 2.05) is 0 Å². The SMILES string of the molecule is O=C(O)c1cc2ccc(F)cc2n1Cc1cc2c(cc1Cl)OCO2. The molecule has 0 spiro atoms. The van der Waals surface area contributed by atoms with Crippen molar-refractivity contribution in [1.29, 1.82) is 0 Å². The van der Waals surface area contributed by atoms with Gasteiger partial charge in [0.05, 0.1) is 12.1 Å². The fraction of sp³-hybridized carbons (Fsp3) is 0.118. The third-order valence-electron chi connectivity index (χ3n) is 3.96. The van der Waals surface area contributed by atoms with E-state index in [9.17, 15) is 14.3 Å². The Morgan fingerprint density at radius 1 is 1.21 bits per heavy atom. The molecule has 0 atom stereocenters. The van der Waals surface area contributed by atoms with Gasteiger partial charge in [-0.15, -0.1) is 0 Å². The van der Waals surface area contributed by atoms with Crippen LogP contribution in [0, 0.1) is 5.82 Å². The van der Waals surface area contributed by atoms with E-state index in [4.69, 9.17) is 21.1 Å². The number of hydrogen-bond acceptors (Lipinski definition) is 3. The Hall–Kier alpha value is -2.73. The number of hydrogen-bond donors (Lipinski definition) is 1. The molecule has 0 aliphatic carbocycles. The summed E-state index contributed by atoms with van der Waals surface area (Å²) in [6.07, 6.45) is 0. The number of carboxylic acids is 1. The van der Waals surface area contributed by atoms with Gasteiger partial charge in [-0.2, -0.15) is 0 Å². The lowest BCUT2D eigenvalue weighted by atomic mass is 10.2. The van der Waals surface area contributed by atoms with Gasteiger partial charge in [-0.25, -0.2) is 9.18 Å². The van der Waals surface area contributed by atoms with Crippen molar-refractivity contribution in [2.45, 2.75) is 6.54 Å². The van der Waals surface area contributed by atoms with Crippen molar-refractivity contribution < 1.29 is 23.8 Å². The molecule has 1 aliphatic rings. The van der Waals surface area contributed by atoms with Gasteiger partial charge in [0.2, 0.25) is 6.79 Å². The maximum Gasteiger partial charge on any atom is 0.352 e. The highest BCUT2D eigenvalue weighted by Gasteiger charge is 2.20. The van der Waals surface area contributed by atoms with Gasteiger partial charge in [-0.05, 0) is 35.9 Å². The van der Waals surface area contributed by atoms with Gasteiger partial charge in [0.25, 0.3) is 0 Å². The minimum atomic E-state index is -1.09. The van der Waals surface area contributed by atoms with Crippen LogP contribution in [-0.4, -0.2) is 22.4 Å². The van der Waals surface area contributed by atoms with Crippen molar-refractivity contribution in [3.05, 3.63) is 58.5 Å². The number of fused-ring (bicyclic) bond motifs is 2. The molecular weight excluding hydrogens is 337 g/mol. The van der Waals surface area contributed by atoms with Crippen LogP contribution < -0.4 is 9.47 Å². The number of ether oxygens (including phenoxy) is 2. The minimum Gasteiger partial charge on any atom is -0.477 e. The van der Waals surface area contributed by atoms with Crippen molar-refractivity contribution in [3.63, 3.8) is 0 Å². The van der Waals surface area contributed by atoms with Gasteiger partial charge in [0.15, 0.2) is 11.5 Å².